The second-order valence-corrected chi connectivity index (χ2v) is 5.09. The van der Waals surface area contributed by atoms with E-state index >= 15 is 0 Å². The molecule has 1 fully saturated rings. The largest absolute Gasteiger partial charge is 0.480 e. The van der Waals surface area contributed by atoms with Gasteiger partial charge >= 0.3 is 5.97 Å². The molecule has 2 rings (SSSR count). The van der Waals surface area contributed by atoms with Gasteiger partial charge in [-0.05, 0) is 38.8 Å². The molecule has 0 amide bonds. The highest BCUT2D eigenvalue weighted by atomic mass is 16.4. The fourth-order valence-electron chi connectivity index (χ4n) is 2.73. The van der Waals surface area contributed by atoms with Crippen molar-refractivity contribution in [1.29, 1.82) is 0 Å². The highest BCUT2D eigenvalue weighted by Gasteiger charge is 2.40. The minimum Gasteiger partial charge on any atom is -0.480 e. The van der Waals surface area contributed by atoms with Crippen molar-refractivity contribution in [1.82, 2.24) is 5.32 Å². The predicted molar refractivity (Wildman–Crippen MR) is 67.2 cm³/mol. The van der Waals surface area contributed by atoms with E-state index in [4.69, 9.17) is 0 Å². The summed E-state index contributed by atoms with van der Waals surface area (Å²) in [6, 6.07) is 6.27. The summed E-state index contributed by atoms with van der Waals surface area (Å²) in [5, 5.41) is 12.6. The molecule has 1 aromatic rings. The van der Waals surface area contributed by atoms with Gasteiger partial charge in [0.1, 0.15) is 5.54 Å². The van der Waals surface area contributed by atoms with Crippen molar-refractivity contribution in [2.45, 2.75) is 38.6 Å². The van der Waals surface area contributed by atoms with Crippen LogP contribution in [0.4, 0.5) is 0 Å². The van der Waals surface area contributed by atoms with E-state index in [1.807, 2.05) is 13.8 Å². The molecule has 2 N–H and O–H groups in total. The SMILES string of the molecule is Cc1cc(C)cc(CC2(C(=O)O)CCCN2)c1. The zero-order valence-electron chi connectivity index (χ0n) is 10.4. The number of rotatable bonds is 3. The highest BCUT2D eigenvalue weighted by Crippen LogP contribution is 2.25. The molecule has 0 bridgehead atoms. The van der Waals surface area contributed by atoms with Gasteiger partial charge in [-0.3, -0.25) is 4.79 Å². The first kappa shape index (κ1) is 12.1. The van der Waals surface area contributed by atoms with E-state index in [-0.39, 0.29) is 0 Å². The van der Waals surface area contributed by atoms with Gasteiger partial charge in [0, 0.05) is 6.42 Å². The molecule has 1 saturated heterocycles. The van der Waals surface area contributed by atoms with Gasteiger partial charge in [0.15, 0.2) is 0 Å². The van der Waals surface area contributed by atoms with Gasteiger partial charge in [0.25, 0.3) is 0 Å². The van der Waals surface area contributed by atoms with Gasteiger partial charge in [-0.2, -0.15) is 0 Å². The monoisotopic (exact) mass is 233 g/mol. The van der Waals surface area contributed by atoms with E-state index in [0.29, 0.717) is 6.42 Å². The molecule has 0 saturated carbocycles. The summed E-state index contributed by atoms with van der Waals surface area (Å²) in [6.07, 6.45) is 2.23. The molecular formula is C14H19NO2. The van der Waals surface area contributed by atoms with Crippen molar-refractivity contribution in [3.63, 3.8) is 0 Å². The Morgan fingerprint density at radius 3 is 2.47 bits per heavy atom. The van der Waals surface area contributed by atoms with Crippen LogP contribution in [0.15, 0.2) is 18.2 Å². The topological polar surface area (TPSA) is 49.3 Å². The number of nitrogens with one attached hydrogen (secondary N) is 1. The molecule has 3 nitrogen and oxygen atoms in total. The standard InChI is InChI=1S/C14H19NO2/c1-10-6-11(2)8-12(7-10)9-14(13(16)17)4-3-5-15-14/h6-8,15H,3-5,9H2,1-2H3,(H,16,17). The Kier molecular flexibility index (Phi) is 3.20. The molecule has 3 heteroatoms. The summed E-state index contributed by atoms with van der Waals surface area (Å²) in [5.41, 5.74) is 2.75. The van der Waals surface area contributed by atoms with Crippen molar-refractivity contribution >= 4 is 5.97 Å². The summed E-state index contributed by atoms with van der Waals surface area (Å²) in [7, 11) is 0. The second-order valence-electron chi connectivity index (χ2n) is 5.09. The molecule has 0 spiro atoms. The molecular weight excluding hydrogens is 214 g/mol. The summed E-state index contributed by atoms with van der Waals surface area (Å²) >= 11 is 0. The summed E-state index contributed by atoms with van der Waals surface area (Å²) in [5.74, 6) is -0.728. The molecule has 92 valence electrons. The van der Waals surface area contributed by atoms with Crippen molar-refractivity contribution in [2.24, 2.45) is 0 Å². The van der Waals surface area contributed by atoms with Gasteiger partial charge < -0.3 is 10.4 Å². The first-order chi connectivity index (χ1) is 8.02. The molecule has 17 heavy (non-hydrogen) atoms. The Hall–Kier alpha value is -1.35. The zero-order chi connectivity index (χ0) is 12.5. The number of benzene rings is 1. The summed E-state index contributed by atoms with van der Waals surface area (Å²) in [6.45, 7) is 4.90. The first-order valence-corrected chi connectivity index (χ1v) is 6.07. The predicted octanol–water partition coefficient (Wildman–Crippen LogP) is 2.05. The molecule has 1 aliphatic heterocycles. The maximum Gasteiger partial charge on any atom is 0.324 e. The lowest BCUT2D eigenvalue weighted by atomic mass is 9.88. The van der Waals surface area contributed by atoms with E-state index in [1.165, 1.54) is 11.1 Å². The van der Waals surface area contributed by atoms with Crippen molar-refractivity contribution < 1.29 is 9.90 Å². The Morgan fingerprint density at radius 1 is 1.35 bits per heavy atom. The number of hydrogen-bond donors (Lipinski definition) is 2. The van der Waals surface area contributed by atoms with Crippen LogP contribution in [0.2, 0.25) is 0 Å². The lowest BCUT2D eigenvalue weighted by Gasteiger charge is -2.24. The van der Waals surface area contributed by atoms with Crippen molar-refractivity contribution in [3.05, 3.63) is 34.9 Å². The summed E-state index contributed by atoms with van der Waals surface area (Å²) < 4.78 is 0. The zero-order valence-corrected chi connectivity index (χ0v) is 10.4. The number of aryl methyl sites for hydroxylation is 2. The average molecular weight is 233 g/mol. The Labute approximate surface area is 102 Å². The number of carbonyl (C=O) groups is 1. The van der Waals surface area contributed by atoms with E-state index in [1.54, 1.807) is 0 Å². The Bertz CT molecular complexity index is 414. The minimum atomic E-state index is -0.750. The molecule has 1 heterocycles. The molecule has 0 aliphatic carbocycles. The second kappa shape index (κ2) is 4.49. The Balaban J connectivity index is 2.26. The quantitative estimate of drug-likeness (QED) is 0.840. The van der Waals surface area contributed by atoms with Crippen LogP contribution >= 0.6 is 0 Å². The van der Waals surface area contributed by atoms with Gasteiger partial charge in [-0.15, -0.1) is 0 Å². The van der Waals surface area contributed by atoms with E-state index in [0.717, 1.165) is 24.9 Å². The van der Waals surface area contributed by atoms with E-state index < -0.39 is 11.5 Å². The number of carboxylic acids is 1. The van der Waals surface area contributed by atoms with Crippen LogP contribution in [0.25, 0.3) is 0 Å². The third-order valence-electron chi connectivity index (χ3n) is 3.44. The molecule has 1 aromatic carbocycles. The fraction of sp³-hybridized carbons (Fsp3) is 0.500. The summed E-state index contributed by atoms with van der Waals surface area (Å²) in [4.78, 5) is 11.4. The third-order valence-corrected chi connectivity index (χ3v) is 3.44. The third kappa shape index (κ3) is 2.50. The molecule has 0 aromatic heterocycles. The molecule has 1 atom stereocenters. The van der Waals surface area contributed by atoms with Crippen molar-refractivity contribution in [2.75, 3.05) is 6.54 Å². The smallest absolute Gasteiger partial charge is 0.324 e. The Morgan fingerprint density at radius 2 is 2.00 bits per heavy atom. The van der Waals surface area contributed by atoms with Crippen molar-refractivity contribution in [3.8, 4) is 0 Å². The normalized spacial score (nSPS) is 23.9. The van der Waals surface area contributed by atoms with Crippen LogP contribution in [0.1, 0.15) is 29.5 Å². The van der Waals surface area contributed by atoms with Crippen LogP contribution in [-0.4, -0.2) is 23.2 Å². The lowest BCUT2D eigenvalue weighted by molar-refractivity contribution is -0.144. The van der Waals surface area contributed by atoms with E-state index in [9.17, 15) is 9.90 Å². The fourth-order valence-corrected chi connectivity index (χ4v) is 2.73. The van der Waals surface area contributed by atoms with Gasteiger partial charge in [0.2, 0.25) is 0 Å². The maximum absolute atomic E-state index is 11.4. The lowest BCUT2D eigenvalue weighted by Crippen LogP contribution is -2.49. The average Bonchev–Trinajstić information content (AvgIpc) is 2.65. The minimum absolute atomic E-state index is 0.574. The van der Waals surface area contributed by atoms with Crippen LogP contribution in [0, 0.1) is 13.8 Å². The van der Waals surface area contributed by atoms with Crippen LogP contribution in [0.3, 0.4) is 0 Å². The number of aliphatic carboxylic acids is 1. The van der Waals surface area contributed by atoms with E-state index in [2.05, 4.69) is 23.5 Å². The molecule has 1 aliphatic rings. The van der Waals surface area contributed by atoms with Gasteiger partial charge in [-0.1, -0.05) is 29.3 Å². The maximum atomic E-state index is 11.4. The van der Waals surface area contributed by atoms with Gasteiger partial charge in [0.05, 0.1) is 0 Å². The number of carboxylic acid groups (broad SMARTS) is 1. The van der Waals surface area contributed by atoms with Crippen LogP contribution in [0.5, 0.6) is 0 Å². The number of hydrogen-bond acceptors (Lipinski definition) is 2. The molecule has 0 radical (unpaired) electrons. The van der Waals surface area contributed by atoms with Crippen LogP contribution in [-0.2, 0) is 11.2 Å². The van der Waals surface area contributed by atoms with Gasteiger partial charge in [-0.25, -0.2) is 0 Å². The highest BCUT2D eigenvalue weighted by molar-refractivity contribution is 5.79. The van der Waals surface area contributed by atoms with Crippen LogP contribution < -0.4 is 5.32 Å². The molecule has 1 unspecified atom stereocenters. The first-order valence-electron chi connectivity index (χ1n) is 6.07.